The normalized spacial score (nSPS) is 11.7. The van der Waals surface area contributed by atoms with Crippen LogP contribution in [0.2, 0.25) is 0 Å². The molecule has 0 saturated carbocycles. The number of azo groups is 1. The van der Waals surface area contributed by atoms with E-state index in [1.54, 1.807) is 0 Å². The van der Waals surface area contributed by atoms with Crippen LogP contribution < -0.4 is 5.73 Å². The van der Waals surface area contributed by atoms with Crippen molar-refractivity contribution in [3.63, 3.8) is 0 Å². The zero-order valence-electron chi connectivity index (χ0n) is 15.6. The molecule has 11 nitrogen and oxygen atoms in total. The van der Waals surface area contributed by atoms with Gasteiger partial charge in [-0.05, 0) is 6.92 Å². The van der Waals surface area contributed by atoms with E-state index in [1.165, 1.54) is 6.92 Å². The Balaban J connectivity index is 1.98. The van der Waals surface area contributed by atoms with Crippen LogP contribution in [-0.4, -0.2) is 30.6 Å². The summed E-state index contributed by atoms with van der Waals surface area (Å²) in [5.74, 6) is -1.27. The van der Waals surface area contributed by atoms with Crippen LogP contribution in [0.5, 0.6) is 0 Å². The monoisotopic (exact) mass is 419 g/mol. The van der Waals surface area contributed by atoms with Crippen molar-refractivity contribution in [2.45, 2.75) is 19.5 Å². The van der Waals surface area contributed by atoms with Gasteiger partial charge in [0, 0.05) is 17.1 Å². The van der Waals surface area contributed by atoms with Gasteiger partial charge in [-0.3, -0.25) is 14.2 Å². The maximum absolute atomic E-state index is 12.0. The first kappa shape index (κ1) is 20.4. The van der Waals surface area contributed by atoms with E-state index >= 15 is 0 Å². The molecule has 3 rings (SSSR count). The third-order valence-corrected chi connectivity index (χ3v) is 4.37. The first-order chi connectivity index (χ1) is 14.4. The van der Waals surface area contributed by atoms with Crippen LogP contribution in [-0.2, 0) is 16.1 Å². The summed E-state index contributed by atoms with van der Waals surface area (Å²) in [5.41, 5.74) is 6.25. The number of primary amides is 1. The molecule has 148 valence electrons. The molecule has 1 atom stereocenters. The number of aromatic nitrogens is 4. The molecule has 2 aromatic heterocycles. The Kier molecular flexibility index (Phi) is 6.00. The molecule has 2 heterocycles. The van der Waals surface area contributed by atoms with Gasteiger partial charge in [-0.15, -0.1) is 5.11 Å². The zero-order valence-corrected chi connectivity index (χ0v) is 16.4. The summed E-state index contributed by atoms with van der Waals surface area (Å²) in [5, 5.41) is 8.04. The highest BCUT2D eigenvalue weighted by molar-refractivity contribution is 7.09. The van der Waals surface area contributed by atoms with Crippen LogP contribution in [0.25, 0.3) is 21.1 Å². The standard InChI is InChI=1S/C18H13N9O2S/c1-10(28)9-27-16(22-15(20-2)17(27)21-3)12(13(19)29)24-25-18-23-14(26-30-18)11-7-5-4-6-8-11/h4-8,12H,9H2,1H3,(H2,19,29). The summed E-state index contributed by atoms with van der Waals surface area (Å²) >= 11 is 0.973. The Morgan fingerprint density at radius 3 is 2.57 bits per heavy atom. The van der Waals surface area contributed by atoms with E-state index in [0.29, 0.717) is 5.82 Å². The second-order valence-corrected chi connectivity index (χ2v) is 6.65. The van der Waals surface area contributed by atoms with Gasteiger partial charge in [0.05, 0.1) is 0 Å². The lowest BCUT2D eigenvalue weighted by atomic mass is 10.2. The minimum absolute atomic E-state index is 0.105. The van der Waals surface area contributed by atoms with Crippen molar-refractivity contribution in [2.75, 3.05) is 0 Å². The number of carbonyl (C=O) groups excluding carboxylic acids is 2. The molecule has 0 aliphatic heterocycles. The van der Waals surface area contributed by atoms with Crippen LogP contribution >= 0.6 is 11.5 Å². The van der Waals surface area contributed by atoms with Crippen molar-refractivity contribution in [1.82, 2.24) is 18.9 Å². The minimum atomic E-state index is -1.41. The number of amides is 1. The fraction of sp³-hybridized carbons (Fsp3) is 0.167. The number of hydrogen-bond acceptors (Lipinski definition) is 8. The van der Waals surface area contributed by atoms with E-state index in [0.717, 1.165) is 21.7 Å². The minimum Gasteiger partial charge on any atom is -0.373 e. The zero-order chi connectivity index (χ0) is 21.7. The number of ketones is 1. The van der Waals surface area contributed by atoms with E-state index in [1.807, 2.05) is 30.3 Å². The summed E-state index contributed by atoms with van der Waals surface area (Å²) < 4.78 is 5.36. The predicted molar refractivity (Wildman–Crippen MR) is 107 cm³/mol. The Bertz CT molecular complexity index is 1210. The molecule has 30 heavy (non-hydrogen) atoms. The number of nitrogens with zero attached hydrogens (tertiary/aromatic N) is 8. The van der Waals surface area contributed by atoms with Crippen molar-refractivity contribution < 1.29 is 9.59 Å². The molecular weight excluding hydrogens is 406 g/mol. The lowest BCUT2D eigenvalue weighted by Gasteiger charge is -2.05. The summed E-state index contributed by atoms with van der Waals surface area (Å²) in [4.78, 5) is 38.3. The molecule has 3 aromatic rings. The van der Waals surface area contributed by atoms with E-state index in [2.05, 4.69) is 34.3 Å². The van der Waals surface area contributed by atoms with Crippen LogP contribution in [0, 0.1) is 13.1 Å². The van der Waals surface area contributed by atoms with E-state index in [-0.39, 0.29) is 34.9 Å². The van der Waals surface area contributed by atoms with Gasteiger partial charge in [-0.25, -0.2) is 0 Å². The number of benzene rings is 1. The molecule has 1 unspecified atom stereocenters. The van der Waals surface area contributed by atoms with E-state index < -0.39 is 11.9 Å². The van der Waals surface area contributed by atoms with Crippen molar-refractivity contribution >= 4 is 40.0 Å². The van der Waals surface area contributed by atoms with Gasteiger partial charge in [-0.2, -0.15) is 14.5 Å². The van der Waals surface area contributed by atoms with Crippen molar-refractivity contribution in [3.8, 4) is 11.4 Å². The lowest BCUT2D eigenvalue weighted by Crippen LogP contribution is -2.23. The molecule has 0 aliphatic rings. The fourth-order valence-electron chi connectivity index (χ4n) is 2.52. The molecular formula is C18H13N9O2S. The van der Waals surface area contributed by atoms with Gasteiger partial charge in [0.25, 0.3) is 17.5 Å². The number of hydrogen-bond donors (Lipinski definition) is 1. The molecule has 0 saturated heterocycles. The second-order valence-electron chi connectivity index (χ2n) is 5.92. The first-order valence-corrected chi connectivity index (χ1v) is 9.16. The van der Waals surface area contributed by atoms with Crippen molar-refractivity contribution in [1.29, 1.82) is 0 Å². The first-order valence-electron chi connectivity index (χ1n) is 8.38. The van der Waals surface area contributed by atoms with E-state index in [4.69, 9.17) is 18.9 Å². The quantitative estimate of drug-likeness (QED) is 0.462. The molecule has 0 aliphatic carbocycles. The SMILES string of the molecule is [C-]#[N+]c1nc(C(N=Nc2nc(-c3ccccc3)ns2)C(N)=O)n(CC(C)=O)c1[N+]#[C-]. The molecule has 2 N–H and O–H groups in total. The maximum Gasteiger partial charge on any atom is 0.307 e. The van der Waals surface area contributed by atoms with Crippen LogP contribution in [0.1, 0.15) is 18.8 Å². The van der Waals surface area contributed by atoms with Crippen molar-refractivity contribution in [3.05, 3.63) is 59.0 Å². The van der Waals surface area contributed by atoms with Gasteiger partial charge >= 0.3 is 5.82 Å². The Labute approximate surface area is 174 Å². The van der Waals surface area contributed by atoms with Gasteiger partial charge in [-0.1, -0.05) is 48.5 Å². The Morgan fingerprint density at radius 1 is 1.23 bits per heavy atom. The molecule has 0 radical (unpaired) electrons. The average Bonchev–Trinajstić information content (AvgIpc) is 3.33. The van der Waals surface area contributed by atoms with Crippen LogP contribution in [0.3, 0.4) is 0 Å². The van der Waals surface area contributed by atoms with Gasteiger partial charge in [0.2, 0.25) is 11.2 Å². The third kappa shape index (κ3) is 4.24. The molecule has 12 heteroatoms. The summed E-state index contributed by atoms with van der Waals surface area (Å²) in [6.45, 7) is 15.5. The molecule has 1 aromatic carbocycles. The highest BCUT2D eigenvalue weighted by Gasteiger charge is 2.34. The van der Waals surface area contributed by atoms with E-state index in [9.17, 15) is 9.59 Å². The number of rotatable bonds is 7. The summed E-state index contributed by atoms with van der Waals surface area (Å²) in [6, 6.07) is 7.83. The third-order valence-electron chi connectivity index (χ3n) is 3.77. The Hall–Kier alpha value is -4.29. The topological polar surface area (TPSA) is 137 Å². The second kappa shape index (κ2) is 8.81. The summed E-state index contributed by atoms with van der Waals surface area (Å²) in [6.07, 6.45) is 0. The van der Waals surface area contributed by atoms with Gasteiger partial charge < -0.3 is 15.4 Å². The predicted octanol–water partition coefficient (Wildman–Crippen LogP) is 3.40. The highest BCUT2D eigenvalue weighted by Crippen LogP contribution is 2.33. The molecule has 0 spiro atoms. The van der Waals surface area contributed by atoms with Gasteiger partial charge in [0.1, 0.15) is 6.54 Å². The summed E-state index contributed by atoms with van der Waals surface area (Å²) in [7, 11) is 0. The largest absolute Gasteiger partial charge is 0.373 e. The molecule has 0 fully saturated rings. The molecule has 0 bridgehead atoms. The van der Waals surface area contributed by atoms with Crippen LogP contribution in [0.15, 0.2) is 40.6 Å². The lowest BCUT2D eigenvalue weighted by molar-refractivity contribution is -0.120. The smallest absolute Gasteiger partial charge is 0.307 e. The van der Waals surface area contributed by atoms with Crippen molar-refractivity contribution in [2.24, 2.45) is 16.0 Å². The van der Waals surface area contributed by atoms with Crippen LogP contribution in [0.4, 0.5) is 16.8 Å². The number of nitrogens with two attached hydrogens (primary N) is 1. The van der Waals surface area contributed by atoms with Gasteiger partial charge in [0.15, 0.2) is 11.6 Å². The number of carbonyl (C=O) groups is 2. The number of imidazole rings is 1. The number of Topliss-reactive ketones (excluding diaryl/α,β-unsaturated/α-hetero) is 1. The highest BCUT2D eigenvalue weighted by atomic mass is 32.1. The maximum atomic E-state index is 12.0. The fourth-order valence-corrected chi connectivity index (χ4v) is 3.05. The molecule has 1 amide bonds. The average molecular weight is 419 g/mol. The Morgan fingerprint density at radius 2 is 1.97 bits per heavy atom.